The molecule has 0 atom stereocenters. The normalized spacial score (nSPS) is 17.5. The Morgan fingerprint density at radius 3 is 2.88 bits per heavy atom. The molecule has 0 bridgehead atoms. The van der Waals surface area contributed by atoms with E-state index in [0.29, 0.717) is 11.8 Å². The molecule has 1 N–H and O–H groups in total. The number of hydrogen-bond acceptors (Lipinski definition) is 5. The lowest BCUT2D eigenvalue weighted by Crippen LogP contribution is -2.17. The predicted molar refractivity (Wildman–Crippen MR) is 52.9 cm³/mol. The highest BCUT2D eigenvalue weighted by atomic mass is 16.5. The van der Waals surface area contributed by atoms with Crippen molar-refractivity contribution in [1.82, 2.24) is 10.1 Å². The number of ether oxygens (including phenoxy) is 1. The van der Waals surface area contributed by atoms with Crippen LogP contribution in [0.1, 0.15) is 24.6 Å². The number of carboxylic acids is 1. The molecule has 16 heavy (non-hydrogen) atoms. The number of carboxylic acid groups (broad SMARTS) is 1. The van der Waals surface area contributed by atoms with Crippen molar-refractivity contribution in [2.45, 2.75) is 25.7 Å². The number of rotatable bonds is 4. The van der Waals surface area contributed by atoms with E-state index < -0.39 is 5.97 Å². The summed E-state index contributed by atoms with van der Waals surface area (Å²) in [6, 6.07) is 0. The quantitative estimate of drug-likeness (QED) is 0.811. The Kier molecular flexibility index (Phi) is 3.51. The highest BCUT2D eigenvalue weighted by molar-refractivity contribution is 5.68. The molecule has 2 heterocycles. The van der Waals surface area contributed by atoms with Gasteiger partial charge in [0.25, 0.3) is 0 Å². The molecule has 0 amide bonds. The highest BCUT2D eigenvalue weighted by Crippen LogP contribution is 2.19. The molecule has 1 aliphatic heterocycles. The van der Waals surface area contributed by atoms with Crippen LogP contribution in [0.5, 0.6) is 0 Å². The van der Waals surface area contributed by atoms with Gasteiger partial charge in [-0.2, -0.15) is 4.98 Å². The summed E-state index contributed by atoms with van der Waals surface area (Å²) in [5.41, 5.74) is 0. The van der Waals surface area contributed by atoms with Crippen molar-refractivity contribution in [1.29, 1.82) is 0 Å². The first-order valence-electron chi connectivity index (χ1n) is 5.35. The van der Waals surface area contributed by atoms with E-state index in [4.69, 9.17) is 14.4 Å². The third-order valence-electron chi connectivity index (χ3n) is 2.62. The maximum absolute atomic E-state index is 10.4. The van der Waals surface area contributed by atoms with E-state index >= 15 is 0 Å². The van der Waals surface area contributed by atoms with Gasteiger partial charge < -0.3 is 14.4 Å². The molecular formula is C10H14N2O4. The first-order valence-corrected chi connectivity index (χ1v) is 5.35. The molecule has 1 saturated heterocycles. The zero-order valence-electron chi connectivity index (χ0n) is 8.89. The number of hydrogen-bond donors (Lipinski definition) is 1. The van der Waals surface area contributed by atoms with Crippen LogP contribution in [0, 0.1) is 5.92 Å². The molecule has 0 unspecified atom stereocenters. The predicted octanol–water partition coefficient (Wildman–Crippen LogP) is 0.666. The molecule has 1 aromatic rings. The van der Waals surface area contributed by atoms with E-state index in [-0.39, 0.29) is 12.2 Å². The topological polar surface area (TPSA) is 85.5 Å². The molecule has 0 aromatic carbocycles. The molecule has 0 aliphatic carbocycles. The minimum absolute atomic E-state index is 0.183. The lowest BCUT2D eigenvalue weighted by atomic mass is 9.97. The van der Waals surface area contributed by atoms with Crippen LogP contribution >= 0.6 is 0 Å². The number of aliphatic carboxylic acids is 1. The van der Waals surface area contributed by atoms with Gasteiger partial charge in [-0.1, -0.05) is 5.16 Å². The Labute approximate surface area is 92.6 Å². The van der Waals surface area contributed by atoms with Crippen LogP contribution in [0.2, 0.25) is 0 Å². The molecule has 88 valence electrons. The van der Waals surface area contributed by atoms with Gasteiger partial charge in [0.2, 0.25) is 5.89 Å². The van der Waals surface area contributed by atoms with E-state index in [2.05, 4.69) is 10.1 Å². The van der Waals surface area contributed by atoms with Gasteiger partial charge in [-0.3, -0.25) is 4.79 Å². The van der Waals surface area contributed by atoms with Crippen LogP contribution in [0.15, 0.2) is 4.52 Å². The molecular weight excluding hydrogens is 212 g/mol. The summed E-state index contributed by atoms with van der Waals surface area (Å²) >= 11 is 0. The molecule has 6 nitrogen and oxygen atoms in total. The highest BCUT2D eigenvalue weighted by Gasteiger charge is 2.18. The maximum Gasteiger partial charge on any atom is 0.311 e. The van der Waals surface area contributed by atoms with Crippen molar-refractivity contribution in [3.05, 3.63) is 11.7 Å². The van der Waals surface area contributed by atoms with Crippen molar-refractivity contribution in [2.75, 3.05) is 13.2 Å². The Morgan fingerprint density at radius 1 is 1.44 bits per heavy atom. The van der Waals surface area contributed by atoms with E-state index in [1.807, 2.05) is 0 Å². The largest absolute Gasteiger partial charge is 0.481 e. The standard InChI is InChI=1S/C10H14N2O4/c13-10(14)6-8-11-9(16-12-8)5-7-1-3-15-4-2-7/h7H,1-6H2,(H,13,14). The fraction of sp³-hybridized carbons (Fsp3) is 0.700. The van der Waals surface area contributed by atoms with Crippen molar-refractivity contribution >= 4 is 5.97 Å². The third kappa shape index (κ3) is 3.03. The molecule has 0 saturated carbocycles. The van der Waals surface area contributed by atoms with Crippen LogP contribution < -0.4 is 0 Å². The van der Waals surface area contributed by atoms with Crippen molar-refractivity contribution in [3.63, 3.8) is 0 Å². The smallest absolute Gasteiger partial charge is 0.311 e. The minimum Gasteiger partial charge on any atom is -0.481 e. The second-order valence-electron chi connectivity index (χ2n) is 3.93. The number of nitrogens with zero attached hydrogens (tertiary/aromatic N) is 2. The van der Waals surface area contributed by atoms with Crippen molar-refractivity contribution in [2.24, 2.45) is 5.92 Å². The first kappa shape index (κ1) is 11.1. The number of aromatic nitrogens is 2. The van der Waals surface area contributed by atoms with Crippen LogP contribution in [-0.2, 0) is 22.4 Å². The van der Waals surface area contributed by atoms with Gasteiger partial charge in [0.05, 0.1) is 0 Å². The SMILES string of the molecule is O=C(O)Cc1noc(CC2CCOCC2)n1. The van der Waals surface area contributed by atoms with E-state index in [1.165, 1.54) is 0 Å². The molecule has 1 fully saturated rings. The van der Waals surface area contributed by atoms with Crippen LogP contribution in [0.25, 0.3) is 0 Å². The summed E-state index contributed by atoms with van der Waals surface area (Å²) in [5, 5.41) is 12.2. The lowest BCUT2D eigenvalue weighted by molar-refractivity contribution is -0.136. The average molecular weight is 226 g/mol. The zero-order chi connectivity index (χ0) is 11.4. The van der Waals surface area contributed by atoms with Crippen molar-refractivity contribution in [3.8, 4) is 0 Å². The molecule has 2 rings (SSSR count). The second kappa shape index (κ2) is 5.07. The minimum atomic E-state index is -0.946. The fourth-order valence-electron chi connectivity index (χ4n) is 1.78. The molecule has 1 aliphatic rings. The van der Waals surface area contributed by atoms with Gasteiger partial charge in [-0.15, -0.1) is 0 Å². The van der Waals surface area contributed by atoms with Crippen LogP contribution in [0.4, 0.5) is 0 Å². The van der Waals surface area contributed by atoms with E-state index in [9.17, 15) is 4.79 Å². The van der Waals surface area contributed by atoms with Gasteiger partial charge in [0.15, 0.2) is 5.82 Å². The maximum atomic E-state index is 10.4. The Morgan fingerprint density at radius 2 is 2.19 bits per heavy atom. The Hall–Kier alpha value is -1.43. The van der Waals surface area contributed by atoms with Gasteiger partial charge in [0, 0.05) is 19.6 Å². The zero-order valence-corrected chi connectivity index (χ0v) is 8.89. The summed E-state index contributed by atoms with van der Waals surface area (Å²) in [5.74, 6) is 0.336. The molecule has 0 spiro atoms. The van der Waals surface area contributed by atoms with Crippen LogP contribution in [-0.4, -0.2) is 34.4 Å². The second-order valence-corrected chi connectivity index (χ2v) is 3.93. The lowest BCUT2D eigenvalue weighted by Gasteiger charge is -2.19. The van der Waals surface area contributed by atoms with E-state index in [1.54, 1.807) is 0 Å². The van der Waals surface area contributed by atoms with E-state index in [0.717, 1.165) is 32.5 Å². The third-order valence-corrected chi connectivity index (χ3v) is 2.62. The summed E-state index contributed by atoms with van der Waals surface area (Å²) in [4.78, 5) is 14.5. The van der Waals surface area contributed by atoms with Gasteiger partial charge in [-0.25, -0.2) is 0 Å². The first-order chi connectivity index (χ1) is 7.74. The summed E-state index contributed by atoms with van der Waals surface area (Å²) in [6.07, 6.45) is 2.53. The monoisotopic (exact) mass is 226 g/mol. The molecule has 0 radical (unpaired) electrons. The van der Waals surface area contributed by atoms with Gasteiger partial charge in [-0.05, 0) is 18.8 Å². The summed E-state index contributed by atoms with van der Waals surface area (Å²) in [6.45, 7) is 1.56. The van der Waals surface area contributed by atoms with Gasteiger partial charge in [0.1, 0.15) is 6.42 Å². The van der Waals surface area contributed by atoms with Crippen molar-refractivity contribution < 1.29 is 19.2 Å². The average Bonchev–Trinajstić information content (AvgIpc) is 2.66. The van der Waals surface area contributed by atoms with Crippen LogP contribution in [0.3, 0.4) is 0 Å². The Balaban J connectivity index is 1.88. The summed E-state index contributed by atoms with van der Waals surface area (Å²) < 4.78 is 10.3. The Bertz CT molecular complexity index is 357. The number of carbonyl (C=O) groups is 1. The molecule has 1 aromatic heterocycles. The molecule has 6 heteroatoms. The van der Waals surface area contributed by atoms with Gasteiger partial charge >= 0.3 is 5.97 Å². The fourth-order valence-corrected chi connectivity index (χ4v) is 1.78. The summed E-state index contributed by atoms with van der Waals surface area (Å²) in [7, 11) is 0.